The average Bonchev–Trinajstić information content (AvgIpc) is 3.52. The number of pyridine rings is 1. The van der Waals surface area contributed by atoms with Gasteiger partial charge in [0.25, 0.3) is 0 Å². The third-order valence-corrected chi connectivity index (χ3v) is 7.19. The van der Waals surface area contributed by atoms with Gasteiger partial charge in [0.15, 0.2) is 5.65 Å². The molecule has 0 aliphatic heterocycles. The molecule has 0 fully saturated rings. The quantitative estimate of drug-likeness (QED) is 0.312. The number of aromatic nitrogens is 6. The number of benzene rings is 3. The molecule has 6 nitrogen and oxygen atoms in total. The predicted octanol–water partition coefficient (Wildman–Crippen LogP) is 5.99. The van der Waals surface area contributed by atoms with E-state index in [1.54, 1.807) is 4.52 Å². The van der Waals surface area contributed by atoms with Crippen LogP contribution < -0.4 is 0 Å². The van der Waals surface area contributed by atoms with Gasteiger partial charge in [0.2, 0.25) is 0 Å². The third kappa shape index (κ3) is 3.41. The van der Waals surface area contributed by atoms with Crippen molar-refractivity contribution in [3.05, 3.63) is 113 Å². The molecule has 3 aromatic carbocycles. The van der Waals surface area contributed by atoms with E-state index < -0.39 is 5.41 Å². The summed E-state index contributed by atoms with van der Waals surface area (Å²) in [5.74, 6) is 0. The minimum absolute atomic E-state index is 0.436. The van der Waals surface area contributed by atoms with Gasteiger partial charge < -0.3 is 4.57 Å². The van der Waals surface area contributed by atoms with Crippen LogP contribution in [-0.2, 0) is 12.5 Å². The van der Waals surface area contributed by atoms with E-state index in [4.69, 9.17) is 11.6 Å². The van der Waals surface area contributed by atoms with Crippen molar-refractivity contribution in [2.45, 2.75) is 19.3 Å². The molecule has 0 saturated heterocycles. The molecule has 0 N–H and O–H groups in total. The molecule has 0 amide bonds. The minimum Gasteiger partial charge on any atom is -0.337 e. The first kappa shape index (κ1) is 21.5. The summed E-state index contributed by atoms with van der Waals surface area (Å²) in [4.78, 5) is 4.45. The summed E-state index contributed by atoms with van der Waals surface area (Å²) < 4.78 is 3.87. The predicted molar refractivity (Wildman–Crippen MR) is 139 cm³/mol. The first-order valence-electron chi connectivity index (χ1n) is 11.4. The van der Waals surface area contributed by atoms with Crippen LogP contribution >= 0.6 is 11.6 Å². The molecule has 0 bridgehead atoms. The van der Waals surface area contributed by atoms with Crippen molar-refractivity contribution in [3.8, 4) is 11.1 Å². The van der Waals surface area contributed by atoms with Gasteiger partial charge in [0.1, 0.15) is 0 Å². The molecular weight excluding hydrogens is 456 g/mol. The molecule has 3 aromatic heterocycles. The number of tetrazole rings is 1. The van der Waals surface area contributed by atoms with Gasteiger partial charge in [-0.05, 0) is 76.9 Å². The van der Waals surface area contributed by atoms with Crippen molar-refractivity contribution in [1.82, 2.24) is 29.6 Å². The first-order chi connectivity index (χ1) is 16.9. The highest BCUT2D eigenvalue weighted by Gasteiger charge is 2.34. The van der Waals surface area contributed by atoms with Crippen molar-refractivity contribution in [3.63, 3.8) is 0 Å². The normalized spacial score (nSPS) is 13.4. The van der Waals surface area contributed by atoms with Gasteiger partial charge in [0, 0.05) is 23.7 Å². The molecule has 0 aliphatic rings. The van der Waals surface area contributed by atoms with E-state index in [0.29, 0.717) is 10.7 Å². The SMILES string of the molecule is Cc1ccc(C(C)(c2ccc3c(c2)c(-c2cccc(Cl)c2)cc2nnnn23)c2cncn2C)cc1. The van der Waals surface area contributed by atoms with Crippen LogP contribution in [0, 0.1) is 6.92 Å². The molecule has 3 heterocycles. The van der Waals surface area contributed by atoms with Crippen molar-refractivity contribution >= 4 is 28.2 Å². The number of imidazole rings is 1. The van der Waals surface area contributed by atoms with E-state index in [9.17, 15) is 0 Å². The summed E-state index contributed by atoms with van der Waals surface area (Å²) >= 11 is 6.37. The van der Waals surface area contributed by atoms with Gasteiger partial charge in [-0.15, -0.1) is 5.10 Å². The fourth-order valence-electron chi connectivity index (χ4n) is 4.99. The number of rotatable bonds is 4. The molecule has 1 atom stereocenters. The Balaban J connectivity index is 1.68. The zero-order valence-electron chi connectivity index (χ0n) is 19.6. The highest BCUT2D eigenvalue weighted by Crippen LogP contribution is 2.41. The largest absolute Gasteiger partial charge is 0.337 e. The molecule has 0 saturated carbocycles. The van der Waals surface area contributed by atoms with Crippen molar-refractivity contribution in [2.75, 3.05) is 0 Å². The molecule has 0 spiro atoms. The summed E-state index contributed by atoms with van der Waals surface area (Å²) in [6, 6.07) is 25.1. The van der Waals surface area contributed by atoms with E-state index in [2.05, 4.69) is 87.5 Å². The zero-order chi connectivity index (χ0) is 24.2. The number of halogens is 1. The Bertz CT molecular complexity index is 1700. The number of hydrogen-bond donors (Lipinski definition) is 0. The molecule has 0 radical (unpaired) electrons. The van der Waals surface area contributed by atoms with E-state index in [1.807, 2.05) is 43.8 Å². The van der Waals surface area contributed by atoms with Gasteiger partial charge in [-0.3, -0.25) is 0 Å². The Morgan fingerprint density at radius 3 is 2.46 bits per heavy atom. The van der Waals surface area contributed by atoms with Crippen LogP contribution in [0.3, 0.4) is 0 Å². The van der Waals surface area contributed by atoms with Crippen LogP contribution in [0.4, 0.5) is 0 Å². The summed E-state index contributed by atoms with van der Waals surface area (Å²) in [7, 11) is 2.04. The Hall–Kier alpha value is -4.03. The number of nitrogens with zero attached hydrogens (tertiary/aromatic N) is 6. The maximum Gasteiger partial charge on any atom is 0.180 e. The number of aryl methyl sites for hydroxylation is 2. The van der Waals surface area contributed by atoms with Gasteiger partial charge in [-0.1, -0.05) is 59.6 Å². The Morgan fingerprint density at radius 2 is 1.71 bits per heavy atom. The van der Waals surface area contributed by atoms with Crippen LogP contribution in [0.15, 0.2) is 85.3 Å². The smallest absolute Gasteiger partial charge is 0.180 e. The maximum absolute atomic E-state index is 6.37. The lowest BCUT2D eigenvalue weighted by Crippen LogP contribution is -2.28. The zero-order valence-corrected chi connectivity index (χ0v) is 20.4. The standard InChI is InChI=1S/C28H23ClN6/c1-18-7-9-20(10-8-18)28(2,26-16-30-17-34(26)3)21-11-12-25-24(14-21)23(15-27-31-32-33-35(25)27)19-5-4-6-22(29)13-19/h4-17H,1-3H3. The van der Waals surface area contributed by atoms with Crippen molar-refractivity contribution in [2.24, 2.45) is 7.05 Å². The molecule has 6 aromatic rings. The summed E-state index contributed by atoms with van der Waals surface area (Å²) in [5, 5.41) is 14.1. The van der Waals surface area contributed by atoms with Crippen LogP contribution in [-0.4, -0.2) is 29.6 Å². The van der Waals surface area contributed by atoms with E-state index >= 15 is 0 Å². The van der Waals surface area contributed by atoms with E-state index in [0.717, 1.165) is 33.3 Å². The molecule has 7 heteroatoms. The Labute approximate surface area is 207 Å². The maximum atomic E-state index is 6.37. The molecule has 0 aliphatic carbocycles. The number of fused-ring (bicyclic) bond motifs is 3. The van der Waals surface area contributed by atoms with Gasteiger partial charge in [0.05, 0.1) is 23.0 Å². The molecular formula is C28H23ClN6. The van der Waals surface area contributed by atoms with Gasteiger partial charge in [-0.2, -0.15) is 4.52 Å². The lowest BCUT2D eigenvalue weighted by Gasteiger charge is -2.32. The lowest BCUT2D eigenvalue weighted by molar-refractivity contribution is 0.626. The average molecular weight is 479 g/mol. The summed E-state index contributed by atoms with van der Waals surface area (Å²) in [5.41, 5.74) is 7.90. The van der Waals surface area contributed by atoms with Gasteiger partial charge in [-0.25, -0.2) is 4.98 Å². The summed E-state index contributed by atoms with van der Waals surface area (Å²) in [6.45, 7) is 4.36. The van der Waals surface area contributed by atoms with Crippen LogP contribution in [0.25, 0.3) is 27.7 Å². The minimum atomic E-state index is -0.436. The van der Waals surface area contributed by atoms with Crippen molar-refractivity contribution < 1.29 is 0 Å². The second-order valence-corrected chi connectivity index (χ2v) is 9.57. The topological polar surface area (TPSA) is 60.9 Å². The Kier molecular flexibility index (Phi) is 4.93. The highest BCUT2D eigenvalue weighted by molar-refractivity contribution is 6.30. The second kappa shape index (κ2) is 8.03. The van der Waals surface area contributed by atoms with Gasteiger partial charge >= 0.3 is 0 Å². The van der Waals surface area contributed by atoms with E-state index in [1.165, 1.54) is 11.1 Å². The molecule has 6 rings (SSSR count). The fourth-order valence-corrected chi connectivity index (χ4v) is 5.18. The van der Waals surface area contributed by atoms with E-state index in [-0.39, 0.29) is 0 Å². The van der Waals surface area contributed by atoms with Crippen molar-refractivity contribution in [1.29, 1.82) is 0 Å². The van der Waals surface area contributed by atoms with Crippen LogP contribution in [0.5, 0.6) is 0 Å². The fraction of sp³-hybridized carbons (Fsp3) is 0.143. The molecule has 172 valence electrons. The summed E-state index contributed by atoms with van der Waals surface area (Å²) in [6.07, 6.45) is 3.80. The number of hydrogen-bond acceptors (Lipinski definition) is 4. The monoisotopic (exact) mass is 478 g/mol. The molecule has 1 unspecified atom stereocenters. The van der Waals surface area contributed by atoms with Crippen LogP contribution in [0.1, 0.15) is 29.3 Å². The highest BCUT2D eigenvalue weighted by atomic mass is 35.5. The first-order valence-corrected chi connectivity index (χ1v) is 11.8. The second-order valence-electron chi connectivity index (χ2n) is 9.13. The molecule has 35 heavy (non-hydrogen) atoms. The van der Waals surface area contributed by atoms with Crippen LogP contribution in [0.2, 0.25) is 5.02 Å². The Morgan fingerprint density at radius 1 is 0.914 bits per heavy atom. The lowest BCUT2D eigenvalue weighted by atomic mass is 9.73. The third-order valence-electron chi connectivity index (χ3n) is 6.95.